The number of para-hydroxylation sites is 1. The Morgan fingerprint density at radius 3 is 2.54 bits per heavy atom. The van der Waals surface area contributed by atoms with E-state index in [1.165, 1.54) is 11.8 Å². The summed E-state index contributed by atoms with van der Waals surface area (Å²) in [6, 6.07) is 20.6. The van der Waals surface area contributed by atoms with Gasteiger partial charge in [0.1, 0.15) is 11.5 Å². The number of amides is 1. The molecule has 2 aromatic carbocycles. The monoisotopic (exact) mass is 380 g/mol. The molecule has 3 aromatic rings. The maximum atomic E-state index is 12.2. The van der Waals surface area contributed by atoms with E-state index < -0.39 is 0 Å². The van der Waals surface area contributed by atoms with Gasteiger partial charge in [-0.2, -0.15) is 0 Å². The van der Waals surface area contributed by atoms with Crippen molar-refractivity contribution >= 4 is 46.2 Å². The van der Waals surface area contributed by atoms with E-state index in [1.54, 1.807) is 6.08 Å². The molecular weight excluding hydrogens is 368 g/mol. The van der Waals surface area contributed by atoms with E-state index in [0.717, 1.165) is 17.0 Å². The molecule has 128 valence electrons. The number of halogens is 1. The Balaban J connectivity index is 1.54. The number of furan rings is 1. The van der Waals surface area contributed by atoms with Crippen LogP contribution in [0.15, 0.2) is 81.0 Å². The van der Waals surface area contributed by atoms with Crippen molar-refractivity contribution < 1.29 is 9.21 Å². The highest BCUT2D eigenvalue weighted by molar-refractivity contribution is 8.18. The molecule has 0 aliphatic carbocycles. The summed E-state index contributed by atoms with van der Waals surface area (Å²) in [5.41, 5.74) is 1.72. The number of carbonyl (C=O) groups excluding carboxylic acids is 1. The predicted octanol–water partition coefficient (Wildman–Crippen LogP) is 5.49. The van der Waals surface area contributed by atoms with Crippen molar-refractivity contribution in [1.29, 1.82) is 0 Å². The fraction of sp³-hybridized carbons (Fsp3) is 0. The highest BCUT2D eigenvalue weighted by Gasteiger charge is 2.24. The largest absolute Gasteiger partial charge is 0.457 e. The van der Waals surface area contributed by atoms with E-state index >= 15 is 0 Å². The van der Waals surface area contributed by atoms with Gasteiger partial charge in [-0.25, -0.2) is 4.99 Å². The Kier molecular flexibility index (Phi) is 4.65. The van der Waals surface area contributed by atoms with Crippen molar-refractivity contribution in [3.05, 3.63) is 82.4 Å². The number of amidine groups is 1. The first-order valence-corrected chi connectivity index (χ1v) is 9.07. The quantitative estimate of drug-likeness (QED) is 0.611. The minimum absolute atomic E-state index is 0.186. The van der Waals surface area contributed by atoms with Gasteiger partial charge in [0.15, 0.2) is 5.17 Å². The molecule has 2 heterocycles. The van der Waals surface area contributed by atoms with Gasteiger partial charge in [0.25, 0.3) is 5.91 Å². The van der Waals surface area contributed by atoms with Crippen LogP contribution in [0.2, 0.25) is 5.02 Å². The second-order valence-electron chi connectivity index (χ2n) is 5.53. The molecule has 0 radical (unpaired) electrons. The summed E-state index contributed by atoms with van der Waals surface area (Å²) in [5.74, 6) is 1.14. The molecule has 0 atom stereocenters. The summed E-state index contributed by atoms with van der Waals surface area (Å²) in [4.78, 5) is 17.1. The molecule has 4 rings (SSSR count). The zero-order chi connectivity index (χ0) is 17.9. The van der Waals surface area contributed by atoms with Crippen LogP contribution < -0.4 is 5.32 Å². The van der Waals surface area contributed by atoms with Crippen LogP contribution in [0.5, 0.6) is 0 Å². The number of aliphatic imine (C=N–C) groups is 1. The fourth-order valence-electron chi connectivity index (χ4n) is 2.43. The van der Waals surface area contributed by atoms with E-state index in [1.807, 2.05) is 66.7 Å². The van der Waals surface area contributed by atoms with E-state index in [-0.39, 0.29) is 5.91 Å². The standard InChI is InChI=1S/C20H13ClN2O2S/c21-14-8-6-13(7-9-14)17-11-10-16(25-17)12-18-19(24)23-20(26-18)22-15-4-2-1-3-5-15/h1-12H,(H,22,23,24)/b18-12+. The van der Waals surface area contributed by atoms with Crippen molar-refractivity contribution in [3.8, 4) is 11.3 Å². The van der Waals surface area contributed by atoms with Gasteiger partial charge in [-0.15, -0.1) is 0 Å². The lowest BCUT2D eigenvalue weighted by Crippen LogP contribution is -2.19. The third kappa shape index (κ3) is 3.74. The number of hydrogen-bond donors (Lipinski definition) is 1. The average Bonchev–Trinajstić information content (AvgIpc) is 3.24. The molecular formula is C20H13ClN2O2S. The van der Waals surface area contributed by atoms with Gasteiger partial charge in [0.2, 0.25) is 0 Å². The average molecular weight is 381 g/mol. The van der Waals surface area contributed by atoms with E-state index in [0.29, 0.717) is 20.9 Å². The van der Waals surface area contributed by atoms with Gasteiger partial charge in [-0.05, 0) is 60.3 Å². The lowest BCUT2D eigenvalue weighted by atomic mass is 10.2. The van der Waals surface area contributed by atoms with Crippen LogP contribution in [0.3, 0.4) is 0 Å². The number of nitrogens with one attached hydrogen (secondary N) is 1. The Morgan fingerprint density at radius 1 is 1.00 bits per heavy atom. The van der Waals surface area contributed by atoms with E-state index in [4.69, 9.17) is 16.0 Å². The molecule has 1 aromatic heterocycles. The van der Waals surface area contributed by atoms with Crippen molar-refractivity contribution in [3.63, 3.8) is 0 Å². The maximum absolute atomic E-state index is 12.2. The van der Waals surface area contributed by atoms with Crippen LogP contribution in [0.25, 0.3) is 17.4 Å². The molecule has 1 fully saturated rings. The van der Waals surface area contributed by atoms with Crippen LogP contribution in [0, 0.1) is 0 Å². The lowest BCUT2D eigenvalue weighted by molar-refractivity contribution is -0.115. The lowest BCUT2D eigenvalue weighted by Gasteiger charge is -1.96. The molecule has 1 amide bonds. The fourth-order valence-corrected chi connectivity index (χ4v) is 3.38. The summed E-state index contributed by atoms with van der Waals surface area (Å²) in [5, 5.41) is 3.99. The zero-order valence-corrected chi connectivity index (χ0v) is 15.1. The van der Waals surface area contributed by atoms with Gasteiger partial charge in [-0.3, -0.25) is 4.79 Å². The van der Waals surface area contributed by atoms with Gasteiger partial charge in [0.05, 0.1) is 10.6 Å². The van der Waals surface area contributed by atoms with Gasteiger partial charge >= 0.3 is 0 Å². The third-order valence-corrected chi connectivity index (χ3v) is 4.83. The smallest absolute Gasteiger partial charge is 0.264 e. The number of benzene rings is 2. The predicted molar refractivity (Wildman–Crippen MR) is 106 cm³/mol. The number of rotatable bonds is 3. The topological polar surface area (TPSA) is 54.6 Å². The molecule has 1 N–H and O–H groups in total. The van der Waals surface area contributed by atoms with Crippen molar-refractivity contribution in [2.24, 2.45) is 4.99 Å². The summed E-state index contributed by atoms with van der Waals surface area (Å²) >= 11 is 7.20. The second-order valence-corrected chi connectivity index (χ2v) is 6.99. The Morgan fingerprint density at radius 2 is 1.77 bits per heavy atom. The molecule has 0 unspecified atom stereocenters. The molecule has 4 nitrogen and oxygen atoms in total. The Labute approximate surface area is 159 Å². The van der Waals surface area contributed by atoms with Crippen molar-refractivity contribution in [1.82, 2.24) is 5.32 Å². The highest BCUT2D eigenvalue weighted by atomic mass is 35.5. The number of carbonyl (C=O) groups is 1. The summed E-state index contributed by atoms with van der Waals surface area (Å²) in [6.45, 7) is 0. The van der Waals surface area contributed by atoms with Gasteiger partial charge < -0.3 is 9.73 Å². The molecule has 0 bridgehead atoms. The van der Waals surface area contributed by atoms with Crippen LogP contribution in [0.4, 0.5) is 5.69 Å². The normalized spacial score (nSPS) is 17.0. The maximum Gasteiger partial charge on any atom is 0.264 e. The van der Waals surface area contributed by atoms with Crippen LogP contribution in [-0.4, -0.2) is 11.1 Å². The molecule has 1 aliphatic rings. The van der Waals surface area contributed by atoms with Gasteiger partial charge in [-0.1, -0.05) is 29.8 Å². The zero-order valence-electron chi connectivity index (χ0n) is 13.5. The number of thioether (sulfide) groups is 1. The summed E-state index contributed by atoms with van der Waals surface area (Å²) in [6.07, 6.45) is 1.72. The summed E-state index contributed by atoms with van der Waals surface area (Å²) < 4.78 is 5.82. The Hall–Kier alpha value is -2.76. The number of hydrogen-bond acceptors (Lipinski definition) is 4. The van der Waals surface area contributed by atoms with Crippen molar-refractivity contribution in [2.45, 2.75) is 0 Å². The molecule has 0 spiro atoms. The summed E-state index contributed by atoms with van der Waals surface area (Å²) in [7, 11) is 0. The highest BCUT2D eigenvalue weighted by Crippen LogP contribution is 2.30. The van der Waals surface area contributed by atoms with Crippen molar-refractivity contribution in [2.75, 3.05) is 0 Å². The Bertz CT molecular complexity index is 1010. The molecule has 1 aliphatic heterocycles. The van der Waals surface area contributed by atoms with Crippen LogP contribution in [0.1, 0.15) is 5.76 Å². The first-order chi connectivity index (χ1) is 12.7. The molecule has 6 heteroatoms. The minimum Gasteiger partial charge on any atom is -0.457 e. The molecule has 0 saturated carbocycles. The van der Waals surface area contributed by atoms with Gasteiger partial charge in [0, 0.05) is 16.7 Å². The van der Waals surface area contributed by atoms with Crippen LogP contribution >= 0.6 is 23.4 Å². The van der Waals surface area contributed by atoms with E-state index in [2.05, 4.69) is 10.3 Å². The molecule has 1 saturated heterocycles. The van der Waals surface area contributed by atoms with Crippen LogP contribution in [-0.2, 0) is 4.79 Å². The third-order valence-electron chi connectivity index (χ3n) is 3.67. The first kappa shape index (κ1) is 16.7. The molecule has 26 heavy (non-hydrogen) atoms. The first-order valence-electron chi connectivity index (χ1n) is 7.88. The SMILES string of the molecule is O=C1NC(=Nc2ccccc2)S/C1=C/c1ccc(-c2ccc(Cl)cc2)o1. The number of nitrogens with zero attached hydrogens (tertiary/aromatic N) is 1. The second kappa shape index (κ2) is 7.23. The van der Waals surface area contributed by atoms with E-state index in [9.17, 15) is 4.79 Å². The minimum atomic E-state index is -0.186.